The fraction of sp³-hybridized carbons (Fsp3) is 0.286. The van der Waals surface area contributed by atoms with Crippen molar-refractivity contribution in [1.82, 2.24) is 4.90 Å². The smallest absolute Gasteiger partial charge is 0.322 e. The number of urea groups is 1. The number of nitrogens with zero attached hydrogens (tertiary/aromatic N) is 1. The van der Waals surface area contributed by atoms with E-state index < -0.39 is 6.04 Å². The number of carbonyl (C=O) groups is 3. The van der Waals surface area contributed by atoms with Gasteiger partial charge in [-0.2, -0.15) is 0 Å². The minimum Gasteiger partial charge on any atom is -0.324 e. The maximum Gasteiger partial charge on any atom is 0.322 e. The van der Waals surface area contributed by atoms with Gasteiger partial charge in [-0.05, 0) is 51.0 Å². The molecule has 1 aliphatic heterocycles. The Hall–Kier alpha value is -3.15. The first-order valence-electron chi connectivity index (χ1n) is 9.00. The van der Waals surface area contributed by atoms with E-state index in [-0.39, 0.29) is 17.7 Å². The summed E-state index contributed by atoms with van der Waals surface area (Å²) in [7, 11) is 0. The van der Waals surface area contributed by atoms with Crippen molar-refractivity contribution in [2.45, 2.75) is 32.7 Å². The maximum atomic E-state index is 12.7. The van der Waals surface area contributed by atoms with Crippen molar-refractivity contribution in [1.29, 1.82) is 0 Å². The van der Waals surface area contributed by atoms with Crippen LogP contribution in [0, 0.1) is 6.92 Å². The van der Waals surface area contributed by atoms with Crippen molar-refractivity contribution < 1.29 is 14.4 Å². The highest BCUT2D eigenvalue weighted by Crippen LogP contribution is 2.21. The molecule has 6 heteroatoms. The van der Waals surface area contributed by atoms with Gasteiger partial charge in [0.25, 0.3) is 0 Å². The van der Waals surface area contributed by atoms with Crippen LogP contribution in [0.15, 0.2) is 48.5 Å². The van der Waals surface area contributed by atoms with E-state index in [1.807, 2.05) is 31.2 Å². The highest BCUT2D eigenvalue weighted by atomic mass is 16.2. The van der Waals surface area contributed by atoms with Crippen LogP contribution in [0.5, 0.6) is 0 Å². The Bertz CT molecular complexity index is 861. The van der Waals surface area contributed by atoms with Crippen molar-refractivity contribution in [3.8, 4) is 0 Å². The summed E-state index contributed by atoms with van der Waals surface area (Å²) in [6.45, 7) is 3.98. The summed E-state index contributed by atoms with van der Waals surface area (Å²) < 4.78 is 0. The zero-order valence-electron chi connectivity index (χ0n) is 15.5. The van der Waals surface area contributed by atoms with E-state index in [9.17, 15) is 14.4 Å². The summed E-state index contributed by atoms with van der Waals surface area (Å²) in [5, 5.41) is 5.67. The Morgan fingerprint density at radius 2 is 1.74 bits per heavy atom. The molecule has 3 amide bonds. The van der Waals surface area contributed by atoms with Crippen LogP contribution < -0.4 is 10.6 Å². The molecule has 6 nitrogen and oxygen atoms in total. The molecule has 0 unspecified atom stereocenters. The van der Waals surface area contributed by atoms with Gasteiger partial charge in [-0.1, -0.05) is 29.8 Å². The monoisotopic (exact) mass is 365 g/mol. The molecular formula is C21H23N3O3. The second kappa shape index (κ2) is 8.03. The number of hydrogen-bond acceptors (Lipinski definition) is 3. The first-order chi connectivity index (χ1) is 12.9. The number of anilines is 2. The largest absolute Gasteiger partial charge is 0.324 e. The van der Waals surface area contributed by atoms with E-state index in [1.165, 1.54) is 6.92 Å². The van der Waals surface area contributed by atoms with Gasteiger partial charge in [-0.25, -0.2) is 4.79 Å². The molecular weight excluding hydrogens is 342 g/mol. The number of hydrogen-bond donors (Lipinski definition) is 2. The second-order valence-electron chi connectivity index (χ2n) is 6.77. The molecule has 27 heavy (non-hydrogen) atoms. The highest BCUT2D eigenvalue weighted by Gasteiger charge is 2.34. The zero-order chi connectivity index (χ0) is 19.4. The number of carbonyl (C=O) groups excluding carboxylic acids is 3. The van der Waals surface area contributed by atoms with Crippen LogP contribution in [0.4, 0.5) is 16.2 Å². The Morgan fingerprint density at radius 1 is 1.00 bits per heavy atom. The number of Topliss-reactive ketones (excluding diaryl/α,β-unsaturated/α-hetero) is 1. The topological polar surface area (TPSA) is 78.5 Å². The SMILES string of the molecule is CC(=O)c1cccc(NC(=O)N2CCC[C@H]2C(=O)Nc2ccc(C)cc2)c1. The highest BCUT2D eigenvalue weighted by molar-refractivity contribution is 6.00. The Morgan fingerprint density at radius 3 is 2.44 bits per heavy atom. The van der Waals surface area contributed by atoms with Crippen LogP contribution in [0.25, 0.3) is 0 Å². The van der Waals surface area contributed by atoms with Gasteiger partial charge in [0.1, 0.15) is 6.04 Å². The molecule has 140 valence electrons. The number of rotatable bonds is 4. The number of aryl methyl sites for hydroxylation is 1. The van der Waals surface area contributed by atoms with Crippen LogP contribution in [0.3, 0.4) is 0 Å². The molecule has 0 saturated carbocycles. The molecule has 1 saturated heterocycles. The molecule has 1 aliphatic rings. The molecule has 2 aromatic carbocycles. The summed E-state index contributed by atoms with van der Waals surface area (Å²) in [4.78, 5) is 38.3. The number of ketones is 1. The lowest BCUT2D eigenvalue weighted by atomic mass is 10.1. The molecule has 2 aromatic rings. The maximum absolute atomic E-state index is 12.7. The molecule has 1 atom stereocenters. The van der Waals surface area contributed by atoms with Crippen molar-refractivity contribution in [3.63, 3.8) is 0 Å². The summed E-state index contributed by atoms with van der Waals surface area (Å²) in [5.74, 6) is -0.258. The third-order valence-electron chi connectivity index (χ3n) is 4.66. The number of nitrogens with one attached hydrogen (secondary N) is 2. The molecule has 3 rings (SSSR count). The fourth-order valence-electron chi connectivity index (χ4n) is 3.16. The molecule has 0 aromatic heterocycles. The first-order valence-corrected chi connectivity index (χ1v) is 9.00. The Kier molecular flexibility index (Phi) is 5.54. The average Bonchev–Trinajstić information content (AvgIpc) is 3.14. The summed E-state index contributed by atoms with van der Waals surface area (Å²) in [6, 6.07) is 13.5. The normalized spacial score (nSPS) is 16.1. The molecule has 0 radical (unpaired) electrons. The number of likely N-dealkylation sites (tertiary alicyclic amines) is 1. The summed E-state index contributed by atoms with van der Waals surface area (Å²) in [6.07, 6.45) is 1.39. The van der Waals surface area contributed by atoms with Crippen LogP contribution in [0.2, 0.25) is 0 Å². The van der Waals surface area contributed by atoms with Crippen molar-refractivity contribution in [2.24, 2.45) is 0 Å². The lowest BCUT2D eigenvalue weighted by Gasteiger charge is -2.24. The third kappa shape index (κ3) is 4.53. The Labute approximate surface area is 158 Å². The van der Waals surface area contributed by atoms with Crippen LogP contribution in [-0.2, 0) is 4.79 Å². The fourth-order valence-corrected chi connectivity index (χ4v) is 3.16. The minimum atomic E-state index is -0.512. The van der Waals surface area contributed by atoms with Gasteiger partial charge in [-0.3, -0.25) is 9.59 Å². The zero-order valence-corrected chi connectivity index (χ0v) is 15.5. The predicted molar refractivity (Wildman–Crippen MR) is 105 cm³/mol. The summed E-state index contributed by atoms with van der Waals surface area (Å²) >= 11 is 0. The average molecular weight is 365 g/mol. The lowest BCUT2D eigenvalue weighted by Crippen LogP contribution is -2.45. The lowest BCUT2D eigenvalue weighted by molar-refractivity contribution is -0.119. The van der Waals surface area contributed by atoms with Gasteiger partial charge in [0.2, 0.25) is 5.91 Å². The molecule has 1 fully saturated rings. The number of benzene rings is 2. The van der Waals surface area contributed by atoms with E-state index in [2.05, 4.69) is 10.6 Å². The van der Waals surface area contributed by atoms with Crippen LogP contribution in [-0.4, -0.2) is 35.2 Å². The molecule has 1 heterocycles. The molecule has 0 bridgehead atoms. The summed E-state index contributed by atoms with van der Waals surface area (Å²) in [5.41, 5.74) is 2.90. The Balaban J connectivity index is 1.67. The molecule has 2 N–H and O–H groups in total. The van der Waals surface area contributed by atoms with Crippen LogP contribution >= 0.6 is 0 Å². The van der Waals surface area contributed by atoms with Gasteiger partial charge in [0.15, 0.2) is 5.78 Å². The van der Waals surface area contributed by atoms with E-state index >= 15 is 0 Å². The minimum absolute atomic E-state index is 0.0670. The second-order valence-corrected chi connectivity index (χ2v) is 6.77. The molecule has 0 aliphatic carbocycles. The van der Waals surface area contributed by atoms with E-state index in [4.69, 9.17) is 0 Å². The van der Waals surface area contributed by atoms with Crippen molar-refractivity contribution >= 4 is 29.1 Å². The van der Waals surface area contributed by atoms with Gasteiger partial charge in [-0.15, -0.1) is 0 Å². The number of amides is 3. The quantitative estimate of drug-likeness (QED) is 0.808. The standard InChI is InChI=1S/C21H23N3O3/c1-14-8-10-17(11-9-14)22-20(26)19-7-4-12-24(19)21(27)23-18-6-3-5-16(13-18)15(2)25/h3,5-6,8-11,13,19H,4,7,12H2,1-2H3,(H,22,26)(H,23,27)/t19-/m0/s1. The van der Waals surface area contributed by atoms with Gasteiger partial charge >= 0.3 is 6.03 Å². The third-order valence-corrected chi connectivity index (χ3v) is 4.66. The van der Waals surface area contributed by atoms with Crippen molar-refractivity contribution in [3.05, 3.63) is 59.7 Å². The van der Waals surface area contributed by atoms with Gasteiger partial charge in [0.05, 0.1) is 0 Å². The first kappa shape index (κ1) is 18.6. The van der Waals surface area contributed by atoms with Crippen LogP contribution in [0.1, 0.15) is 35.7 Å². The van der Waals surface area contributed by atoms with Gasteiger partial charge in [0, 0.05) is 23.5 Å². The van der Waals surface area contributed by atoms with Gasteiger partial charge < -0.3 is 15.5 Å². The van der Waals surface area contributed by atoms with E-state index in [1.54, 1.807) is 29.2 Å². The van der Waals surface area contributed by atoms with E-state index in [0.717, 1.165) is 12.0 Å². The van der Waals surface area contributed by atoms with Crippen molar-refractivity contribution in [2.75, 3.05) is 17.2 Å². The van der Waals surface area contributed by atoms with E-state index in [0.29, 0.717) is 29.9 Å². The molecule has 0 spiro atoms. The predicted octanol–water partition coefficient (Wildman–Crippen LogP) is 3.83.